The van der Waals surface area contributed by atoms with Crippen LogP contribution in [0.3, 0.4) is 0 Å². The summed E-state index contributed by atoms with van der Waals surface area (Å²) in [5, 5.41) is 3.48. The van der Waals surface area contributed by atoms with Crippen LogP contribution in [0.1, 0.15) is 50.3 Å². The zero-order valence-electron chi connectivity index (χ0n) is 12.1. The highest BCUT2D eigenvalue weighted by molar-refractivity contribution is 5.92. The zero-order valence-corrected chi connectivity index (χ0v) is 12.1. The van der Waals surface area contributed by atoms with Gasteiger partial charge >= 0.3 is 0 Å². The molecule has 1 saturated heterocycles. The molecule has 1 aliphatic heterocycles. The number of hydrogen-bond donors (Lipinski definition) is 1. The van der Waals surface area contributed by atoms with Crippen molar-refractivity contribution in [2.24, 2.45) is 5.92 Å². The van der Waals surface area contributed by atoms with Crippen molar-refractivity contribution in [3.05, 3.63) is 35.6 Å². The fourth-order valence-electron chi connectivity index (χ4n) is 3.37. The molecular formula is C17H21FN2O. The molecule has 1 N–H and O–H groups in total. The number of nitrogens with zero attached hydrogens (tertiary/aromatic N) is 1. The fourth-order valence-corrected chi connectivity index (χ4v) is 3.37. The number of halogens is 1. The molecule has 4 heteroatoms. The van der Waals surface area contributed by atoms with Gasteiger partial charge < -0.3 is 4.90 Å². The zero-order chi connectivity index (χ0) is 14.4. The summed E-state index contributed by atoms with van der Waals surface area (Å²) in [5.74, 6) is 0.909. The molecule has 1 amide bonds. The number of carbonyl (C=O) groups is 1. The smallest absolute Gasteiger partial charge is 0.244 e. The van der Waals surface area contributed by atoms with E-state index >= 15 is 0 Å². The average Bonchev–Trinajstić information content (AvgIpc) is 3.37. The number of benzene rings is 1. The molecule has 1 unspecified atom stereocenters. The second-order valence-electron chi connectivity index (χ2n) is 6.76. The fraction of sp³-hybridized carbons (Fsp3) is 0.588. The Morgan fingerprint density at radius 1 is 1.24 bits per heavy atom. The van der Waals surface area contributed by atoms with Gasteiger partial charge in [-0.3, -0.25) is 10.1 Å². The van der Waals surface area contributed by atoms with Crippen molar-refractivity contribution in [1.82, 2.24) is 10.2 Å². The van der Waals surface area contributed by atoms with E-state index in [9.17, 15) is 9.18 Å². The highest BCUT2D eigenvalue weighted by Gasteiger charge is 2.59. The first-order valence-corrected chi connectivity index (χ1v) is 8.02. The molecule has 0 radical (unpaired) electrons. The summed E-state index contributed by atoms with van der Waals surface area (Å²) >= 11 is 0. The van der Waals surface area contributed by atoms with Crippen LogP contribution >= 0.6 is 0 Å². The SMILES string of the molecule is O=C1N(CCCC2CC2)C(c2ccc(F)cc2)NC12CC2. The Bertz CT molecular complexity index is 548. The highest BCUT2D eigenvalue weighted by Crippen LogP contribution is 2.46. The van der Waals surface area contributed by atoms with Crippen molar-refractivity contribution in [2.45, 2.75) is 50.2 Å². The minimum atomic E-state index is -0.307. The van der Waals surface area contributed by atoms with Crippen LogP contribution in [0.2, 0.25) is 0 Å². The summed E-state index contributed by atoms with van der Waals surface area (Å²) < 4.78 is 13.1. The Hall–Kier alpha value is -1.42. The van der Waals surface area contributed by atoms with Crippen LogP contribution in [0.5, 0.6) is 0 Å². The number of amides is 1. The first-order chi connectivity index (χ1) is 10.2. The maximum absolute atomic E-state index is 13.1. The minimum Gasteiger partial charge on any atom is -0.321 e. The van der Waals surface area contributed by atoms with Crippen LogP contribution < -0.4 is 5.32 Å². The van der Waals surface area contributed by atoms with Crippen molar-refractivity contribution < 1.29 is 9.18 Å². The molecule has 112 valence electrons. The molecule has 0 bridgehead atoms. The van der Waals surface area contributed by atoms with Gasteiger partial charge in [-0.1, -0.05) is 25.0 Å². The molecule has 4 rings (SSSR count). The molecule has 1 spiro atoms. The second kappa shape index (κ2) is 4.80. The molecule has 1 aromatic carbocycles. The van der Waals surface area contributed by atoms with Crippen LogP contribution in [0.25, 0.3) is 0 Å². The molecule has 21 heavy (non-hydrogen) atoms. The summed E-state index contributed by atoms with van der Waals surface area (Å²) in [6.45, 7) is 0.812. The van der Waals surface area contributed by atoms with Crippen molar-refractivity contribution in [3.63, 3.8) is 0 Å². The van der Waals surface area contributed by atoms with E-state index in [1.54, 1.807) is 12.1 Å². The van der Waals surface area contributed by atoms with E-state index in [0.717, 1.165) is 37.3 Å². The quantitative estimate of drug-likeness (QED) is 0.903. The van der Waals surface area contributed by atoms with E-state index in [2.05, 4.69) is 5.32 Å². The van der Waals surface area contributed by atoms with Crippen LogP contribution in [0.15, 0.2) is 24.3 Å². The Morgan fingerprint density at radius 2 is 1.95 bits per heavy atom. The standard InChI is InChI=1S/C17H21FN2O/c18-14-7-5-13(6-8-14)15-19-17(9-10-17)16(21)20(15)11-1-2-12-3-4-12/h5-8,12,15,19H,1-4,9-11H2. The first kappa shape index (κ1) is 13.3. The lowest BCUT2D eigenvalue weighted by atomic mass is 10.1. The Kier molecular flexibility index (Phi) is 3.03. The third-order valence-electron chi connectivity index (χ3n) is 5.04. The van der Waals surface area contributed by atoms with Gasteiger partial charge in [0, 0.05) is 6.54 Å². The monoisotopic (exact) mass is 288 g/mol. The van der Waals surface area contributed by atoms with Gasteiger partial charge in [0.05, 0.1) is 0 Å². The van der Waals surface area contributed by atoms with E-state index < -0.39 is 0 Å². The summed E-state index contributed by atoms with van der Waals surface area (Å²) in [5.41, 5.74) is 0.679. The normalized spacial score (nSPS) is 26.6. The van der Waals surface area contributed by atoms with E-state index in [4.69, 9.17) is 0 Å². The van der Waals surface area contributed by atoms with Gasteiger partial charge in [-0.05, 0) is 49.3 Å². The molecule has 3 nitrogen and oxygen atoms in total. The number of rotatable bonds is 5. The van der Waals surface area contributed by atoms with Gasteiger partial charge in [0.25, 0.3) is 0 Å². The van der Waals surface area contributed by atoms with Gasteiger partial charge in [-0.15, -0.1) is 0 Å². The molecule has 1 heterocycles. The van der Waals surface area contributed by atoms with Crippen LogP contribution in [0.4, 0.5) is 4.39 Å². The van der Waals surface area contributed by atoms with E-state index in [0.29, 0.717) is 0 Å². The summed E-state index contributed by atoms with van der Waals surface area (Å²) in [6, 6.07) is 6.52. The number of carbonyl (C=O) groups excluding carboxylic acids is 1. The van der Waals surface area contributed by atoms with Crippen molar-refractivity contribution in [3.8, 4) is 0 Å². The summed E-state index contributed by atoms with van der Waals surface area (Å²) in [7, 11) is 0. The number of hydrogen-bond acceptors (Lipinski definition) is 2. The van der Waals surface area contributed by atoms with Gasteiger partial charge in [-0.25, -0.2) is 4.39 Å². The Morgan fingerprint density at radius 3 is 2.57 bits per heavy atom. The highest BCUT2D eigenvalue weighted by atomic mass is 19.1. The van der Waals surface area contributed by atoms with E-state index in [-0.39, 0.29) is 23.4 Å². The predicted octanol–water partition coefficient (Wildman–Crippen LogP) is 2.98. The molecule has 3 aliphatic rings. The molecule has 1 atom stereocenters. The van der Waals surface area contributed by atoms with E-state index in [1.807, 2.05) is 4.90 Å². The molecule has 3 fully saturated rings. The average molecular weight is 288 g/mol. The Labute approximate surface area is 124 Å². The Balaban J connectivity index is 1.51. The largest absolute Gasteiger partial charge is 0.321 e. The lowest BCUT2D eigenvalue weighted by molar-refractivity contribution is -0.130. The summed E-state index contributed by atoms with van der Waals surface area (Å²) in [4.78, 5) is 14.6. The predicted molar refractivity (Wildman–Crippen MR) is 77.9 cm³/mol. The topological polar surface area (TPSA) is 32.3 Å². The lowest BCUT2D eigenvalue weighted by Crippen LogP contribution is -2.33. The third-order valence-corrected chi connectivity index (χ3v) is 5.04. The summed E-state index contributed by atoms with van der Waals surface area (Å²) in [6.07, 6.45) is 6.80. The van der Waals surface area contributed by atoms with Crippen molar-refractivity contribution in [2.75, 3.05) is 6.54 Å². The van der Waals surface area contributed by atoms with Crippen molar-refractivity contribution in [1.29, 1.82) is 0 Å². The molecule has 1 aromatic rings. The van der Waals surface area contributed by atoms with E-state index in [1.165, 1.54) is 31.4 Å². The van der Waals surface area contributed by atoms with Gasteiger partial charge in [0.1, 0.15) is 17.5 Å². The van der Waals surface area contributed by atoms with Gasteiger partial charge in [0.2, 0.25) is 5.91 Å². The maximum atomic E-state index is 13.1. The lowest BCUT2D eigenvalue weighted by Gasteiger charge is -2.24. The van der Waals surface area contributed by atoms with Gasteiger partial charge in [-0.2, -0.15) is 0 Å². The molecule has 2 saturated carbocycles. The third kappa shape index (κ3) is 2.46. The maximum Gasteiger partial charge on any atom is 0.244 e. The minimum absolute atomic E-state index is 0.0835. The van der Waals surface area contributed by atoms with Crippen LogP contribution in [-0.2, 0) is 4.79 Å². The molecule has 0 aromatic heterocycles. The van der Waals surface area contributed by atoms with Crippen molar-refractivity contribution >= 4 is 5.91 Å². The van der Waals surface area contributed by atoms with Gasteiger partial charge in [0.15, 0.2) is 0 Å². The first-order valence-electron chi connectivity index (χ1n) is 8.02. The second-order valence-corrected chi connectivity index (χ2v) is 6.76. The van der Waals surface area contributed by atoms with Crippen LogP contribution in [0, 0.1) is 11.7 Å². The number of nitrogens with one attached hydrogen (secondary N) is 1. The molecular weight excluding hydrogens is 267 g/mol. The molecule has 2 aliphatic carbocycles. The van der Waals surface area contributed by atoms with Crippen LogP contribution in [-0.4, -0.2) is 22.9 Å².